The SMILES string of the molecule is O=C(CNS(=O)(=O)c1ccc2c(c1)CCCC2)OCc1nc2ccccc2s1. The van der Waals surface area contributed by atoms with Crippen molar-refractivity contribution in [1.82, 2.24) is 9.71 Å². The molecule has 0 amide bonds. The van der Waals surface area contributed by atoms with E-state index in [0.717, 1.165) is 41.5 Å². The van der Waals surface area contributed by atoms with Crippen LogP contribution in [0.3, 0.4) is 0 Å². The van der Waals surface area contributed by atoms with E-state index >= 15 is 0 Å². The highest BCUT2D eigenvalue weighted by Gasteiger charge is 2.19. The summed E-state index contributed by atoms with van der Waals surface area (Å²) in [6.07, 6.45) is 4.09. The molecule has 1 aliphatic carbocycles. The van der Waals surface area contributed by atoms with Gasteiger partial charge in [0.15, 0.2) is 0 Å². The number of nitrogens with zero attached hydrogens (tertiary/aromatic N) is 1. The quantitative estimate of drug-likeness (QED) is 0.624. The molecule has 0 saturated heterocycles. The number of thiazole rings is 1. The van der Waals surface area contributed by atoms with Crippen molar-refractivity contribution < 1.29 is 17.9 Å². The number of ether oxygens (including phenoxy) is 1. The van der Waals surface area contributed by atoms with Crippen molar-refractivity contribution in [2.45, 2.75) is 37.2 Å². The summed E-state index contributed by atoms with van der Waals surface area (Å²) in [5.74, 6) is -0.638. The van der Waals surface area contributed by atoms with Crippen LogP contribution in [0.25, 0.3) is 10.2 Å². The van der Waals surface area contributed by atoms with Crippen LogP contribution in [0.15, 0.2) is 47.4 Å². The van der Waals surface area contributed by atoms with Crippen LogP contribution < -0.4 is 4.72 Å². The van der Waals surface area contributed by atoms with Gasteiger partial charge in [-0.25, -0.2) is 13.4 Å². The molecule has 8 heteroatoms. The number of esters is 1. The normalized spacial score (nSPS) is 14.0. The zero-order valence-electron chi connectivity index (χ0n) is 15.2. The monoisotopic (exact) mass is 416 g/mol. The van der Waals surface area contributed by atoms with Gasteiger partial charge < -0.3 is 4.74 Å². The molecule has 28 heavy (non-hydrogen) atoms. The van der Waals surface area contributed by atoms with E-state index in [9.17, 15) is 13.2 Å². The summed E-state index contributed by atoms with van der Waals surface area (Å²) < 4.78 is 33.5. The van der Waals surface area contributed by atoms with Crippen molar-refractivity contribution in [3.8, 4) is 0 Å². The fraction of sp³-hybridized carbons (Fsp3) is 0.300. The Hall–Kier alpha value is -2.29. The van der Waals surface area contributed by atoms with E-state index < -0.39 is 22.5 Å². The number of sulfonamides is 1. The predicted molar refractivity (Wildman–Crippen MR) is 108 cm³/mol. The predicted octanol–water partition coefficient (Wildman–Crippen LogP) is 3.20. The molecule has 0 unspecified atom stereocenters. The number of carbonyl (C=O) groups excluding carboxylic acids is 1. The van der Waals surface area contributed by atoms with E-state index in [1.807, 2.05) is 30.3 Å². The number of hydrogen-bond acceptors (Lipinski definition) is 6. The third-order valence-corrected chi connectivity index (χ3v) is 7.14. The number of carbonyl (C=O) groups is 1. The van der Waals surface area contributed by atoms with Gasteiger partial charge in [0.05, 0.1) is 15.1 Å². The molecular formula is C20H20N2O4S2. The molecule has 0 radical (unpaired) electrons. The Kier molecular flexibility index (Phi) is 5.43. The van der Waals surface area contributed by atoms with Gasteiger partial charge in [0.2, 0.25) is 10.0 Å². The van der Waals surface area contributed by atoms with Gasteiger partial charge in [-0.3, -0.25) is 4.79 Å². The number of benzene rings is 2. The van der Waals surface area contributed by atoms with Crippen LogP contribution >= 0.6 is 11.3 Å². The lowest BCUT2D eigenvalue weighted by Crippen LogP contribution is -2.30. The topological polar surface area (TPSA) is 85.4 Å². The van der Waals surface area contributed by atoms with E-state index in [0.29, 0.717) is 5.01 Å². The first-order valence-electron chi connectivity index (χ1n) is 9.13. The third-order valence-electron chi connectivity index (χ3n) is 4.73. The maximum Gasteiger partial charge on any atom is 0.321 e. The Balaban J connectivity index is 1.34. The van der Waals surface area contributed by atoms with E-state index in [-0.39, 0.29) is 11.5 Å². The molecule has 1 aromatic heterocycles. The Morgan fingerprint density at radius 1 is 1.11 bits per heavy atom. The van der Waals surface area contributed by atoms with Gasteiger partial charge in [-0.05, 0) is 61.1 Å². The fourth-order valence-corrected chi connectivity index (χ4v) is 5.19. The van der Waals surface area contributed by atoms with Crippen molar-refractivity contribution in [3.05, 3.63) is 58.6 Å². The lowest BCUT2D eigenvalue weighted by Gasteiger charge is -2.16. The molecule has 1 aliphatic rings. The van der Waals surface area contributed by atoms with Crippen LogP contribution in [-0.2, 0) is 39.0 Å². The smallest absolute Gasteiger partial charge is 0.321 e. The maximum atomic E-state index is 12.5. The number of para-hydroxylation sites is 1. The molecule has 1 heterocycles. The summed E-state index contributed by atoms with van der Waals surface area (Å²) in [7, 11) is -3.76. The van der Waals surface area contributed by atoms with E-state index in [2.05, 4.69) is 9.71 Å². The van der Waals surface area contributed by atoms with Crippen LogP contribution in [0.2, 0.25) is 0 Å². The van der Waals surface area contributed by atoms with Gasteiger partial charge >= 0.3 is 5.97 Å². The largest absolute Gasteiger partial charge is 0.457 e. The number of rotatable bonds is 6. The number of aromatic nitrogens is 1. The van der Waals surface area contributed by atoms with Crippen LogP contribution in [0.5, 0.6) is 0 Å². The van der Waals surface area contributed by atoms with Gasteiger partial charge in [0.25, 0.3) is 0 Å². The molecule has 4 rings (SSSR count). The first-order valence-corrected chi connectivity index (χ1v) is 11.4. The number of fused-ring (bicyclic) bond motifs is 2. The molecule has 0 fully saturated rings. The molecule has 1 N–H and O–H groups in total. The van der Waals surface area contributed by atoms with Gasteiger partial charge in [0, 0.05) is 0 Å². The lowest BCUT2D eigenvalue weighted by atomic mass is 9.92. The van der Waals surface area contributed by atoms with Crippen molar-refractivity contribution in [2.75, 3.05) is 6.54 Å². The summed E-state index contributed by atoms with van der Waals surface area (Å²) >= 11 is 1.45. The van der Waals surface area contributed by atoms with Gasteiger partial charge in [-0.15, -0.1) is 11.3 Å². The first kappa shape index (κ1) is 19.0. The van der Waals surface area contributed by atoms with Crippen molar-refractivity contribution >= 4 is 37.5 Å². The van der Waals surface area contributed by atoms with E-state index in [1.165, 1.54) is 16.9 Å². The molecular weight excluding hydrogens is 396 g/mol. The number of hydrogen-bond donors (Lipinski definition) is 1. The summed E-state index contributed by atoms with van der Waals surface area (Å²) in [5.41, 5.74) is 3.14. The molecule has 2 aromatic carbocycles. The molecule has 0 atom stereocenters. The number of nitrogens with one attached hydrogen (secondary N) is 1. The third kappa shape index (κ3) is 4.24. The highest BCUT2D eigenvalue weighted by molar-refractivity contribution is 7.89. The molecule has 6 nitrogen and oxygen atoms in total. The molecule has 146 valence electrons. The van der Waals surface area contributed by atoms with Crippen LogP contribution in [0.1, 0.15) is 29.0 Å². The summed E-state index contributed by atoms with van der Waals surface area (Å²) in [6.45, 7) is -0.386. The van der Waals surface area contributed by atoms with Gasteiger partial charge in [-0.1, -0.05) is 18.2 Å². The van der Waals surface area contributed by atoms with Crippen LogP contribution in [0.4, 0.5) is 0 Å². The zero-order chi connectivity index (χ0) is 19.6. The summed E-state index contributed by atoms with van der Waals surface area (Å²) in [4.78, 5) is 16.5. The second-order valence-corrected chi connectivity index (χ2v) is 9.58. The first-order chi connectivity index (χ1) is 13.5. The molecule has 0 saturated carbocycles. The lowest BCUT2D eigenvalue weighted by molar-refractivity contribution is -0.143. The molecule has 0 aliphatic heterocycles. The van der Waals surface area contributed by atoms with E-state index in [4.69, 9.17) is 4.74 Å². The standard InChI is InChI=1S/C20H20N2O4S2/c23-20(26-13-19-22-17-7-3-4-8-18(17)27-19)12-21-28(24,25)16-10-9-14-5-1-2-6-15(14)11-16/h3-4,7-11,21H,1-2,5-6,12-13H2. The second kappa shape index (κ2) is 7.98. The fourth-order valence-electron chi connectivity index (χ4n) is 3.29. The average Bonchev–Trinajstić information content (AvgIpc) is 3.13. The van der Waals surface area contributed by atoms with Crippen LogP contribution in [-0.4, -0.2) is 25.9 Å². The number of aryl methyl sites for hydroxylation is 2. The average molecular weight is 417 g/mol. The van der Waals surface area contributed by atoms with Crippen molar-refractivity contribution in [3.63, 3.8) is 0 Å². The summed E-state index contributed by atoms with van der Waals surface area (Å²) in [6, 6.07) is 12.8. The minimum Gasteiger partial charge on any atom is -0.457 e. The Morgan fingerprint density at radius 2 is 1.89 bits per heavy atom. The highest BCUT2D eigenvalue weighted by Crippen LogP contribution is 2.24. The van der Waals surface area contributed by atoms with Gasteiger partial charge in [-0.2, -0.15) is 4.72 Å². The minimum absolute atomic E-state index is 0.0265. The Morgan fingerprint density at radius 3 is 2.71 bits per heavy atom. The Bertz CT molecular complexity index is 1090. The zero-order valence-corrected chi connectivity index (χ0v) is 16.8. The maximum absolute atomic E-state index is 12.5. The molecule has 3 aromatic rings. The van der Waals surface area contributed by atoms with E-state index in [1.54, 1.807) is 12.1 Å². The van der Waals surface area contributed by atoms with Gasteiger partial charge in [0.1, 0.15) is 18.2 Å². The Labute approximate surface area is 167 Å². The van der Waals surface area contributed by atoms with Crippen molar-refractivity contribution in [2.24, 2.45) is 0 Å². The van der Waals surface area contributed by atoms with Crippen LogP contribution in [0, 0.1) is 0 Å². The minimum atomic E-state index is -3.76. The highest BCUT2D eigenvalue weighted by atomic mass is 32.2. The molecule has 0 bridgehead atoms. The van der Waals surface area contributed by atoms with Crippen molar-refractivity contribution in [1.29, 1.82) is 0 Å². The summed E-state index contributed by atoms with van der Waals surface area (Å²) in [5, 5.41) is 0.673. The second-order valence-electron chi connectivity index (χ2n) is 6.70. The molecule has 0 spiro atoms.